The highest BCUT2D eigenvalue weighted by atomic mass is 19.1. The topological polar surface area (TPSA) is 74.9 Å². The van der Waals surface area contributed by atoms with Gasteiger partial charge in [-0.05, 0) is 43.2 Å². The van der Waals surface area contributed by atoms with Crippen LogP contribution in [0.2, 0.25) is 0 Å². The molecule has 1 aromatic carbocycles. The standard InChI is InChI=1S/C19H23FN2O4/c20-15-1-3-18(4-2-15)26-13-17(23)11-21-16-5-8-22(9-6-16)19(24)14-7-10-25-12-14/h1-4,7,10,12,16-17,21,23H,5-6,8-9,11,13H2. The molecule has 2 heterocycles. The highest BCUT2D eigenvalue weighted by Gasteiger charge is 2.24. The van der Waals surface area contributed by atoms with Gasteiger partial charge in [0.25, 0.3) is 5.91 Å². The number of amides is 1. The van der Waals surface area contributed by atoms with Gasteiger partial charge in [0, 0.05) is 25.7 Å². The summed E-state index contributed by atoms with van der Waals surface area (Å²) >= 11 is 0. The Kier molecular flexibility index (Phi) is 6.25. The van der Waals surface area contributed by atoms with Crippen LogP contribution in [0.15, 0.2) is 47.3 Å². The van der Waals surface area contributed by atoms with E-state index in [1.54, 1.807) is 6.07 Å². The molecule has 6 nitrogen and oxygen atoms in total. The summed E-state index contributed by atoms with van der Waals surface area (Å²) in [5.41, 5.74) is 0.574. The maximum atomic E-state index is 12.8. The zero-order chi connectivity index (χ0) is 18.4. The second-order valence-electron chi connectivity index (χ2n) is 6.41. The van der Waals surface area contributed by atoms with Gasteiger partial charge in [-0.2, -0.15) is 0 Å². The lowest BCUT2D eigenvalue weighted by Crippen LogP contribution is -2.47. The van der Waals surface area contributed by atoms with E-state index in [0.717, 1.165) is 12.8 Å². The van der Waals surface area contributed by atoms with Crippen molar-refractivity contribution < 1.29 is 23.4 Å². The van der Waals surface area contributed by atoms with Crippen LogP contribution < -0.4 is 10.1 Å². The minimum Gasteiger partial charge on any atom is -0.491 e. The van der Waals surface area contributed by atoms with Crippen LogP contribution in [0, 0.1) is 5.82 Å². The van der Waals surface area contributed by atoms with Crippen molar-refractivity contribution in [2.45, 2.75) is 25.0 Å². The highest BCUT2D eigenvalue weighted by molar-refractivity contribution is 5.93. The van der Waals surface area contributed by atoms with Gasteiger partial charge >= 0.3 is 0 Å². The minimum absolute atomic E-state index is 0.00932. The molecule has 1 unspecified atom stereocenters. The number of ether oxygens (including phenoxy) is 1. The van der Waals surface area contributed by atoms with Gasteiger partial charge in [0.1, 0.15) is 30.5 Å². The van der Waals surface area contributed by atoms with Crippen molar-refractivity contribution in [2.75, 3.05) is 26.2 Å². The van der Waals surface area contributed by atoms with Crippen LogP contribution in [0.5, 0.6) is 5.75 Å². The molecule has 140 valence electrons. The Morgan fingerprint density at radius 1 is 1.31 bits per heavy atom. The van der Waals surface area contributed by atoms with Crippen LogP contribution in [-0.4, -0.2) is 54.3 Å². The van der Waals surface area contributed by atoms with Crippen molar-refractivity contribution in [3.8, 4) is 5.75 Å². The normalized spacial score (nSPS) is 16.5. The summed E-state index contributed by atoms with van der Waals surface area (Å²) in [5.74, 6) is 0.193. The molecule has 1 amide bonds. The number of carbonyl (C=O) groups is 1. The fourth-order valence-corrected chi connectivity index (χ4v) is 2.94. The van der Waals surface area contributed by atoms with Gasteiger partial charge in [-0.15, -0.1) is 0 Å². The molecule has 1 saturated heterocycles. The molecule has 0 spiro atoms. The van der Waals surface area contributed by atoms with E-state index in [2.05, 4.69) is 5.32 Å². The second-order valence-corrected chi connectivity index (χ2v) is 6.41. The average molecular weight is 362 g/mol. The van der Waals surface area contributed by atoms with Crippen molar-refractivity contribution in [1.82, 2.24) is 10.2 Å². The number of likely N-dealkylation sites (tertiary alicyclic amines) is 1. The van der Waals surface area contributed by atoms with E-state index >= 15 is 0 Å². The molecular weight excluding hydrogens is 339 g/mol. The van der Waals surface area contributed by atoms with E-state index in [1.807, 2.05) is 4.90 Å². The lowest BCUT2D eigenvalue weighted by molar-refractivity contribution is 0.0685. The Hall–Kier alpha value is -2.38. The molecule has 1 aromatic heterocycles. The summed E-state index contributed by atoms with van der Waals surface area (Å²) in [5, 5.41) is 13.3. The molecule has 2 aromatic rings. The number of furan rings is 1. The zero-order valence-corrected chi connectivity index (χ0v) is 14.4. The van der Waals surface area contributed by atoms with Crippen LogP contribution in [-0.2, 0) is 0 Å². The Bertz CT molecular complexity index is 682. The predicted octanol–water partition coefficient (Wildman–Crippen LogP) is 2.05. The van der Waals surface area contributed by atoms with Gasteiger partial charge in [0.05, 0.1) is 11.8 Å². The summed E-state index contributed by atoms with van der Waals surface area (Å²) in [6.45, 7) is 1.88. The summed E-state index contributed by atoms with van der Waals surface area (Å²) in [6.07, 6.45) is 3.95. The predicted molar refractivity (Wildman–Crippen MR) is 93.5 cm³/mol. The molecule has 0 saturated carbocycles. The average Bonchev–Trinajstić information content (AvgIpc) is 3.20. The molecule has 0 bridgehead atoms. The first-order valence-corrected chi connectivity index (χ1v) is 8.73. The fourth-order valence-electron chi connectivity index (χ4n) is 2.94. The maximum Gasteiger partial charge on any atom is 0.257 e. The first-order valence-electron chi connectivity index (χ1n) is 8.73. The molecule has 0 radical (unpaired) electrons. The molecule has 1 fully saturated rings. The Morgan fingerprint density at radius 2 is 2.04 bits per heavy atom. The summed E-state index contributed by atoms with van der Waals surface area (Å²) < 4.78 is 23.2. The molecule has 7 heteroatoms. The first kappa shape index (κ1) is 18.4. The van der Waals surface area contributed by atoms with Gasteiger partial charge in [0.15, 0.2) is 0 Å². The molecule has 3 rings (SSSR count). The molecule has 26 heavy (non-hydrogen) atoms. The van der Waals surface area contributed by atoms with Gasteiger partial charge in [-0.25, -0.2) is 4.39 Å². The van der Waals surface area contributed by atoms with Crippen LogP contribution in [0.4, 0.5) is 4.39 Å². The minimum atomic E-state index is -0.661. The lowest BCUT2D eigenvalue weighted by atomic mass is 10.0. The van der Waals surface area contributed by atoms with E-state index in [9.17, 15) is 14.3 Å². The first-order chi connectivity index (χ1) is 12.6. The summed E-state index contributed by atoms with van der Waals surface area (Å²) in [7, 11) is 0. The molecule has 1 atom stereocenters. The Morgan fingerprint density at radius 3 is 2.69 bits per heavy atom. The molecule has 1 aliphatic heterocycles. The zero-order valence-electron chi connectivity index (χ0n) is 14.4. The van der Waals surface area contributed by atoms with Crippen LogP contribution in [0.25, 0.3) is 0 Å². The lowest BCUT2D eigenvalue weighted by Gasteiger charge is -2.32. The number of aliphatic hydroxyl groups excluding tert-OH is 1. The third-order valence-corrected chi connectivity index (χ3v) is 4.45. The van der Waals surface area contributed by atoms with Crippen molar-refractivity contribution in [3.63, 3.8) is 0 Å². The van der Waals surface area contributed by atoms with E-state index in [0.29, 0.717) is 30.9 Å². The number of aliphatic hydroxyl groups is 1. The fraction of sp³-hybridized carbons (Fsp3) is 0.421. The molecule has 2 N–H and O–H groups in total. The maximum absolute atomic E-state index is 12.8. The van der Waals surface area contributed by atoms with Crippen LogP contribution >= 0.6 is 0 Å². The van der Waals surface area contributed by atoms with Crippen molar-refractivity contribution in [3.05, 3.63) is 54.2 Å². The summed E-state index contributed by atoms with van der Waals surface area (Å²) in [6, 6.07) is 7.62. The van der Waals surface area contributed by atoms with Crippen molar-refractivity contribution >= 4 is 5.91 Å². The van der Waals surface area contributed by atoms with E-state index in [4.69, 9.17) is 9.15 Å². The SMILES string of the molecule is O=C(c1ccoc1)N1CCC(NCC(O)COc2ccc(F)cc2)CC1. The molecule has 1 aliphatic rings. The third-order valence-electron chi connectivity index (χ3n) is 4.45. The number of nitrogens with zero attached hydrogens (tertiary/aromatic N) is 1. The molecule has 0 aliphatic carbocycles. The highest BCUT2D eigenvalue weighted by Crippen LogP contribution is 2.15. The van der Waals surface area contributed by atoms with Gasteiger partial charge in [0.2, 0.25) is 0 Å². The Labute approximate surface area is 151 Å². The smallest absolute Gasteiger partial charge is 0.257 e. The number of carbonyl (C=O) groups excluding carboxylic acids is 1. The molecular formula is C19H23FN2O4. The number of rotatable bonds is 7. The van der Waals surface area contributed by atoms with Crippen molar-refractivity contribution in [1.29, 1.82) is 0 Å². The number of nitrogens with one attached hydrogen (secondary N) is 1. The van der Waals surface area contributed by atoms with E-state index < -0.39 is 6.10 Å². The van der Waals surface area contributed by atoms with Crippen molar-refractivity contribution in [2.24, 2.45) is 0 Å². The second kappa shape index (κ2) is 8.82. The monoisotopic (exact) mass is 362 g/mol. The number of piperidine rings is 1. The Balaban J connectivity index is 1.34. The number of hydrogen-bond acceptors (Lipinski definition) is 5. The van der Waals surface area contributed by atoms with Crippen LogP contribution in [0.1, 0.15) is 23.2 Å². The van der Waals surface area contributed by atoms with E-state index in [-0.39, 0.29) is 24.4 Å². The van der Waals surface area contributed by atoms with Gasteiger partial charge in [-0.3, -0.25) is 4.79 Å². The third kappa shape index (κ3) is 5.06. The quantitative estimate of drug-likeness (QED) is 0.789. The van der Waals surface area contributed by atoms with Gasteiger partial charge < -0.3 is 24.5 Å². The van der Waals surface area contributed by atoms with Crippen LogP contribution in [0.3, 0.4) is 0 Å². The number of benzene rings is 1. The number of halogens is 1. The van der Waals surface area contributed by atoms with E-state index in [1.165, 1.54) is 36.8 Å². The number of hydrogen-bond donors (Lipinski definition) is 2. The van der Waals surface area contributed by atoms with Gasteiger partial charge in [-0.1, -0.05) is 0 Å². The largest absolute Gasteiger partial charge is 0.491 e. The summed E-state index contributed by atoms with van der Waals surface area (Å²) in [4.78, 5) is 14.1.